The highest BCUT2D eigenvalue weighted by molar-refractivity contribution is 5.66. The Morgan fingerprint density at radius 1 is 0.640 bits per heavy atom. The molecule has 25 heavy (non-hydrogen) atoms. The van der Waals surface area contributed by atoms with E-state index >= 15 is 0 Å². The van der Waals surface area contributed by atoms with Gasteiger partial charge in [-0.3, -0.25) is 4.79 Å². The molecular weight excluding hydrogens is 310 g/mol. The highest BCUT2D eigenvalue weighted by Crippen LogP contribution is 2.14. The van der Waals surface area contributed by atoms with E-state index in [0.29, 0.717) is 12.5 Å². The number of rotatable bonds is 20. The van der Waals surface area contributed by atoms with Crippen LogP contribution < -0.4 is 5.73 Å². The number of carboxylic acids is 1. The van der Waals surface area contributed by atoms with Crippen molar-refractivity contribution >= 4 is 5.97 Å². The topological polar surface area (TPSA) is 63.3 Å². The van der Waals surface area contributed by atoms with Gasteiger partial charge in [-0.1, -0.05) is 103 Å². The molecule has 0 radical (unpaired) electrons. The maximum absolute atomic E-state index is 10.4. The lowest BCUT2D eigenvalue weighted by Crippen LogP contribution is -2.13. The van der Waals surface area contributed by atoms with Crippen LogP contribution in [0.3, 0.4) is 0 Å². The van der Waals surface area contributed by atoms with E-state index in [2.05, 4.69) is 6.92 Å². The quantitative estimate of drug-likeness (QED) is 0.235. The van der Waals surface area contributed by atoms with Gasteiger partial charge < -0.3 is 10.8 Å². The van der Waals surface area contributed by atoms with Gasteiger partial charge in [-0.2, -0.15) is 0 Å². The molecule has 0 aliphatic heterocycles. The van der Waals surface area contributed by atoms with Crippen LogP contribution in [-0.2, 0) is 4.79 Å². The molecule has 0 aliphatic rings. The van der Waals surface area contributed by atoms with Crippen LogP contribution in [0.25, 0.3) is 0 Å². The predicted molar refractivity (Wildman–Crippen MR) is 109 cm³/mol. The van der Waals surface area contributed by atoms with E-state index < -0.39 is 5.97 Å². The summed E-state index contributed by atoms with van der Waals surface area (Å²) in [6, 6.07) is 0.379. The maximum atomic E-state index is 10.4. The molecule has 0 amide bonds. The first-order chi connectivity index (χ1) is 12.1. The minimum Gasteiger partial charge on any atom is -0.481 e. The minimum absolute atomic E-state index is 0.341. The number of carboxylic acid groups (broad SMARTS) is 1. The van der Waals surface area contributed by atoms with Gasteiger partial charge in [0.15, 0.2) is 0 Å². The molecule has 0 aromatic rings. The largest absolute Gasteiger partial charge is 0.481 e. The summed E-state index contributed by atoms with van der Waals surface area (Å²) in [5.74, 6) is -0.655. The fraction of sp³-hybridized carbons (Fsp3) is 0.955. The van der Waals surface area contributed by atoms with Crippen molar-refractivity contribution in [2.24, 2.45) is 5.73 Å². The van der Waals surface area contributed by atoms with Crippen LogP contribution in [0.2, 0.25) is 0 Å². The van der Waals surface area contributed by atoms with Crippen molar-refractivity contribution in [3.05, 3.63) is 0 Å². The van der Waals surface area contributed by atoms with E-state index in [1.165, 1.54) is 103 Å². The second kappa shape index (κ2) is 19.8. The minimum atomic E-state index is -0.655. The van der Waals surface area contributed by atoms with Crippen molar-refractivity contribution in [3.63, 3.8) is 0 Å². The van der Waals surface area contributed by atoms with Gasteiger partial charge in [0.2, 0.25) is 0 Å². The molecule has 0 saturated heterocycles. The SMILES string of the molecule is CC(N)CCCCCCCCCCCCCCCCCCCC(=O)O. The third-order valence-corrected chi connectivity index (χ3v) is 5.05. The Hall–Kier alpha value is -0.570. The Labute approximate surface area is 157 Å². The molecule has 1 unspecified atom stereocenters. The van der Waals surface area contributed by atoms with Crippen LogP contribution in [0.4, 0.5) is 0 Å². The summed E-state index contributed by atoms with van der Waals surface area (Å²) in [5, 5.41) is 8.56. The Bertz CT molecular complexity index is 279. The summed E-state index contributed by atoms with van der Waals surface area (Å²) in [6.45, 7) is 2.10. The number of nitrogens with two attached hydrogens (primary N) is 1. The molecule has 0 bridgehead atoms. The lowest BCUT2D eigenvalue weighted by Gasteiger charge is -2.05. The van der Waals surface area contributed by atoms with Crippen molar-refractivity contribution < 1.29 is 9.90 Å². The smallest absolute Gasteiger partial charge is 0.303 e. The van der Waals surface area contributed by atoms with Gasteiger partial charge in [0.25, 0.3) is 0 Å². The van der Waals surface area contributed by atoms with Crippen LogP contribution in [0, 0.1) is 0 Å². The molecule has 3 heteroatoms. The molecule has 0 aromatic heterocycles. The highest BCUT2D eigenvalue weighted by atomic mass is 16.4. The van der Waals surface area contributed by atoms with E-state index in [9.17, 15) is 4.79 Å². The number of aliphatic carboxylic acids is 1. The van der Waals surface area contributed by atoms with Crippen molar-refractivity contribution in [1.29, 1.82) is 0 Å². The fourth-order valence-electron chi connectivity index (χ4n) is 3.39. The summed E-state index contributed by atoms with van der Waals surface area (Å²) in [4.78, 5) is 10.4. The Balaban J connectivity index is 2.99. The number of carbonyl (C=O) groups is 1. The van der Waals surface area contributed by atoms with Gasteiger partial charge in [0.05, 0.1) is 0 Å². The summed E-state index contributed by atoms with van der Waals surface area (Å²) < 4.78 is 0. The van der Waals surface area contributed by atoms with Gasteiger partial charge in [0.1, 0.15) is 0 Å². The molecule has 0 rings (SSSR count). The van der Waals surface area contributed by atoms with Gasteiger partial charge >= 0.3 is 5.97 Å². The summed E-state index contributed by atoms with van der Waals surface area (Å²) in [7, 11) is 0. The van der Waals surface area contributed by atoms with Crippen molar-refractivity contribution in [1.82, 2.24) is 0 Å². The van der Waals surface area contributed by atoms with Gasteiger partial charge in [-0.15, -0.1) is 0 Å². The summed E-state index contributed by atoms with van der Waals surface area (Å²) >= 11 is 0. The Kier molecular flexibility index (Phi) is 19.3. The monoisotopic (exact) mass is 355 g/mol. The molecular formula is C22H45NO2. The second-order valence-electron chi connectivity index (χ2n) is 7.92. The molecule has 1 atom stereocenters. The summed E-state index contributed by atoms with van der Waals surface area (Å²) in [6.07, 6.45) is 24.0. The zero-order valence-electron chi connectivity index (χ0n) is 16.9. The molecule has 0 saturated carbocycles. The Morgan fingerprint density at radius 3 is 1.20 bits per heavy atom. The van der Waals surface area contributed by atoms with E-state index in [1.54, 1.807) is 0 Å². The molecule has 0 fully saturated rings. The van der Waals surface area contributed by atoms with Gasteiger partial charge in [-0.25, -0.2) is 0 Å². The first-order valence-corrected chi connectivity index (χ1v) is 11.1. The fourth-order valence-corrected chi connectivity index (χ4v) is 3.39. The normalized spacial score (nSPS) is 12.4. The average molecular weight is 356 g/mol. The van der Waals surface area contributed by atoms with Crippen LogP contribution in [0.15, 0.2) is 0 Å². The van der Waals surface area contributed by atoms with Gasteiger partial charge in [0, 0.05) is 12.5 Å². The third kappa shape index (κ3) is 23.4. The van der Waals surface area contributed by atoms with E-state index in [4.69, 9.17) is 10.8 Å². The molecule has 3 N–H and O–H groups in total. The van der Waals surface area contributed by atoms with E-state index in [1.807, 2.05) is 0 Å². The average Bonchev–Trinajstić information content (AvgIpc) is 2.56. The van der Waals surface area contributed by atoms with Crippen molar-refractivity contribution in [2.45, 2.75) is 135 Å². The lowest BCUT2D eigenvalue weighted by molar-refractivity contribution is -0.137. The van der Waals surface area contributed by atoms with Crippen LogP contribution >= 0.6 is 0 Å². The molecule has 0 aromatic carbocycles. The van der Waals surface area contributed by atoms with Crippen LogP contribution in [-0.4, -0.2) is 17.1 Å². The number of unbranched alkanes of at least 4 members (excludes halogenated alkanes) is 16. The van der Waals surface area contributed by atoms with E-state index in [-0.39, 0.29) is 0 Å². The molecule has 0 heterocycles. The first-order valence-electron chi connectivity index (χ1n) is 11.1. The molecule has 3 nitrogen and oxygen atoms in total. The summed E-state index contributed by atoms with van der Waals surface area (Å²) in [5.41, 5.74) is 5.76. The zero-order chi connectivity index (χ0) is 18.6. The Morgan fingerprint density at radius 2 is 0.920 bits per heavy atom. The highest BCUT2D eigenvalue weighted by Gasteiger charge is 1.97. The van der Waals surface area contributed by atoms with Gasteiger partial charge in [-0.05, 0) is 19.8 Å². The number of hydrogen-bond donors (Lipinski definition) is 2. The third-order valence-electron chi connectivity index (χ3n) is 5.05. The van der Waals surface area contributed by atoms with E-state index in [0.717, 1.165) is 12.8 Å². The zero-order valence-corrected chi connectivity index (χ0v) is 16.9. The van der Waals surface area contributed by atoms with Crippen LogP contribution in [0.5, 0.6) is 0 Å². The van der Waals surface area contributed by atoms with Crippen molar-refractivity contribution in [3.8, 4) is 0 Å². The maximum Gasteiger partial charge on any atom is 0.303 e. The lowest BCUT2D eigenvalue weighted by atomic mass is 10.0. The molecule has 0 aliphatic carbocycles. The second-order valence-corrected chi connectivity index (χ2v) is 7.92. The molecule has 0 spiro atoms. The van der Waals surface area contributed by atoms with Crippen LogP contribution in [0.1, 0.15) is 129 Å². The number of hydrogen-bond acceptors (Lipinski definition) is 2. The van der Waals surface area contributed by atoms with Crippen molar-refractivity contribution in [2.75, 3.05) is 0 Å². The first kappa shape index (κ1) is 24.4. The molecule has 150 valence electrons. The standard InChI is InChI=1S/C22H45NO2/c1-21(23)19-17-15-13-11-9-7-5-3-2-4-6-8-10-12-14-16-18-20-22(24)25/h21H,2-20,23H2,1H3,(H,24,25). The predicted octanol–water partition coefficient (Wildman–Crippen LogP) is 6.83.